The maximum atomic E-state index is 13.3. The molecule has 1 heterocycles. The Morgan fingerprint density at radius 3 is 2.48 bits per heavy atom. The predicted molar refractivity (Wildman–Crippen MR) is 164 cm³/mol. The second kappa shape index (κ2) is 11.6. The molecule has 6 rings (SSSR count). The zero-order chi connectivity index (χ0) is 29.8. The first-order valence-corrected chi connectivity index (χ1v) is 16.8. The molecular formula is C35H54N2O5. The lowest BCUT2D eigenvalue weighted by atomic mass is 9.43. The summed E-state index contributed by atoms with van der Waals surface area (Å²) >= 11 is 0. The van der Waals surface area contributed by atoms with Crippen LogP contribution in [-0.4, -0.2) is 77.7 Å². The van der Waals surface area contributed by atoms with Gasteiger partial charge in [0.2, 0.25) is 5.91 Å². The van der Waals surface area contributed by atoms with Gasteiger partial charge in [-0.1, -0.05) is 32.9 Å². The van der Waals surface area contributed by atoms with Crippen LogP contribution < -0.4 is 9.64 Å². The van der Waals surface area contributed by atoms with Gasteiger partial charge in [0, 0.05) is 32.6 Å². The van der Waals surface area contributed by atoms with Gasteiger partial charge in [0.15, 0.2) is 0 Å². The molecule has 4 aliphatic carbocycles. The molecule has 4 saturated carbocycles. The van der Waals surface area contributed by atoms with Gasteiger partial charge < -0.3 is 29.9 Å². The van der Waals surface area contributed by atoms with Crippen LogP contribution >= 0.6 is 0 Å². The van der Waals surface area contributed by atoms with E-state index in [1.54, 1.807) is 7.11 Å². The molecule has 0 radical (unpaired) electrons. The first-order valence-electron chi connectivity index (χ1n) is 16.8. The van der Waals surface area contributed by atoms with Gasteiger partial charge in [-0.3, -0.25) is 4.79 Å². The zero-order valence-corrected chi connectivity index (χ0v) is 26.3. The van der Waals surface area contributed by atoms with Gasteiger partial charge in [-0.05, 0) is 110 Å². The average Bonchev–Trinajstić information content (AvgIpc) is 3.35. The van der Waals surface area contributed by atoms with Gasteiger partial charge in [-0.25, -0.2) is 0 Å². The number of para-hydroxylation sites is 2. The van der Waals surface area contributed by atoms with Crippen LogP contribution in [0.4, 0.5) is 5.69 Å². The molecule has 0 spiro atoms. The van der Waals surface area contributed by atoms with E-state index in [-0.39, 0.29) is 41.0 Å². The van der Waals surface area contributed by atoms with E-state index in [0.29, 0.717) is 36.0 Å². The zero-order valence-electron chi connectivity index (χ0n) is 26.3. The number of carbonyl (C=O) groups is 1. The molecule has 42 heavy (non-hydrogen) atoms. The van der Waals surface area contributed by atoms with E-state index < -0.39 is 0 Å². The topological polar surface area (TPSA) is 93.5 Å². The second-order valence-electron chi connectivity index (χ2n) is 15.1. The summed E-state index contributed by atoms with van der Waals surface area (Å²) in [7, 11) is 1.70. The Morgan fingerprint density at radius 1 is 1.00 bits per heavy atom. The van der Waals surface area contributed by atoms with Crippen molar-refractivity contribution in [3.63, 3.8) is 0 Å². The van der Waals surface area contributed by atoms with Crippen LogP contribution in [0.15, 0.2) is 24.3 Å². The van der Waals surface area contributed by atoms with Crippen molar-refractivity contribution < 1.29 is 24.9 Å². The van der Waals surface area contributed by atoms with Crippen molar-refractivity contribution >= 4 is 11.6 Å². The lowest BCUT2D eigenvalue weighted by Crippen LogP contribution is -2.62. The number of hydrogen-bond acceptors (Lipinski definition) is 6. The summed E-state index contributed by atoms with van der Waals surface area (Å²) in [6, 6.07) is 8.08. The van der Waals surface area contributed by atoms with Gasteiger partial charge in [-0.15, -0.1) is 0 Å². The Morgan fingerprint density at radius 2 is 1.74 bits per heavy atom. The fraction of sp³-hybridized carbons (Fsp3) is 0.800. The number of ether oxygens (including phenoxy) is 1. The Hall–Kier alpha value is -1.83. The summed E-state index contributed by atoms with van der Waals surface area (Å²) in [4.78, 5) is 17.6. The highest BCUT2D eigenvalue weighted by Crippen LogP contribution is 2.68. The maximum Gasteiger partial charge on any atom is 0.222 e. The Balaban J connectivity index is 1.07. The normalized spacial score (nSPS) is 42.4. The molecule has 7 heteroatoms. The summed E-state index contributed by atoms with van der Waals surface area (Å²) in [5.41, 5.74) is 0.964. The van der Waals surface area contributed by atoms with Crippen molar-refractivity contribution in [2.24, 2.45) is 46.3 Å². The van der Waals surface area contributed by atoms with E-state index in [9.17, 15) is 20.1 Å². The Labute approximate surface area is 252 Å². The minimum atomic E-state index is -0.382. The largest absolute Gasteiger partial charge is 0.495 e. The van der Waals surface area contributed by atoms with Crippen LogP contribution in [0.1, 0.15) is 78.6 Å². The van der Waals surface area contributed by atoms with Crippen LogP contribution in [0, 0.1) is 46.3 Å². The number of anilines is 1. The third-order valence-electron chi connectivity index (χ3n) is 13.4. The van der Waals surface area contributed by atoms with Gasteiger partial charge in [0.25, 0.3) is 0 Å². The molecule has 7 nitrogen and oxygen atoms in total. The number of hydrogen-bond donors (Lipinski definition) is 3. The average molecular weight is 583 g/mol. The summed E-state index contributed by atoms with van der Waals surface area (Å²) in [5, 5.41) is 33.8. The van der Waals surface area contributed by atoms with Crippen LogP contribution in [0.3, 0.4) is 0 Å². The van der Waals surface area contributed by atoms with Gasteiger partial charge in [0.05, 0.1) is 31.1 Å². The lowest BCUT2D eigenvalue weighted by molar-refractivity contribution is -0.207. The molecule has 0 bridgehead atoms. The van der Waals surface area contributed by atoms with E-state index in [1.165, 1.54) is 0 Å². The van der Waals surface area contributed by atoms with Crippen molar-refractivity contribution in [2.75, 3.05) is 38.2 Å². The molecule has 0 aromatic heterocycles. The SMILES string of the molecule is COc1ccccc1N1CCN(C(=O)CC[C@@H](C)[C@@H]2CC[C@@H]3[C@@H]4[C@H](O)C[C@H]5C[C@H](O)CC[C@]5(C)[C@@H]4C[C@H](O)[C@@]32C)CC1. The van der Waals surface area contributed by atoms with Crippen LogP contribution in [0.25, 0.3) is 0 Å². The Bertz CT molecular complexity index is 1120. The summed E-state index contributed by atoms with van der Waals surface area (Å²) in [6.45, 7) is 10.0. The number of rotatable bonds is 6. The molecule has 1 amide bonds. The standard InChI is InChI=1S/C35H54N2O5/c1-22(9-12-32(41)37-17-15-36(16-18-37)28-7-5-6-8-30(28)42-4)25-10-11-26-33-27(21-31(40)35(25,26)3)34(2)14-13-24(38)19-23(34)20-29(33)39/h5-8,22-27,29,31,33,38-40H,9-21H2,1-4H3/t22-,23-,24-,25+,26-,27-,29-,31+,33+,34+,35-/m1/s1. The minimum absolute atomic E-state index is 0.0945. The number of aliphatic hydroxyl groups is 3. The van der Waals surface area contributed by atoms with E-state index in [2.05, 4.69) is 31.7 Å². The lowest BCUT2D eigenvalue weighted by Gasteiger charge is -2.63. The molecule has 1 aromatic rings. The van der Waals surface area contributed by atoms with Crippen molar-refractivity contribution in [1.82, 2.24) is 4.90 Å². The molecule has 3 N–H and O–H groups in total. The molecular weight excluding hydrogens is 528 g/mol. The third-order valence-corrected chi connectivity index (χ3v) is 13.4. The van der Waals surface area contributed by atoms with Gasteiger partial charge in [-0.2, -0.15) is 0 Å². The first-order chi connectivity index (χ1) is 20.1. The summed E-state index contributed by atoms with van der Waals surface area (Å²) in [6.07, 6.45) is 6.73. The van der Waals surface area contributed by atoms with Crippen LogP contribution in [0.5, 0.6) is 5.75 Å². The summed E-state index contributed by atoms with van der Waals surface area (Å²) in [5.74, 6) is 3.03. The van der Waals surface area contributed by atoms with Crippen molar-refractivity contribution in [3.8, 4) is 5.75 Å². The van der Waals surface area contributed by atoms with Crippen molar-refractivity contribution in [2.45, 2.75) is 96.9 Å². The number of piperazine rings is 1. The maximum absolute atomic E-state index is 13.3. The van der Waals surface area contributed by atoms with Crippen LogP contribution in [-0.2, 0) is 4.79 Å². The molecule has 0 unspecified atom stereocenters. The molecule has 11 atom stereocenters. The fourth-order valence-electron chi connectivity index (χ4n) is 10.9. The van der Waals surface area contributed by atoms with Gasteiger partial charge in [0.1, 0.15) is 5.75 Å². The third kappa shape index (κ3) is 4.95. The molecule has 5 fully saturated rings. The highest BCUT2D eigenvalue weighted by molar-refractivity contribution is 5.76. The van der Waals surface area contributed by atoms with E-state index in [4.69, 9.17) is 4.74 Å². The smallest absolute Gasteiger partial charge is 0.222 e. The minimum Gasteiger partial charge on any atom is -0.495 e. The number of aliphatic hydroxyl groups excluding tert-OH is 3. The van der Waals surface area contributed by atoms with Crippen molar-refractivity contribution in [3.05, 3.63) is 24.3 Å². The highest BCUT2D eigenvalue weighted by atomic mass is 16.5. The van der Waals surface area contributed by atoms with Crippen molar-refractivity contribution in [1.29, 1.82) is 0 Å². The van der Waals surface area contributed by atoms with Gasteiger partial charge >= 0.3 is 0 Å². The number of carbonyl (C=O) groups excluding carboxylic acids is 1. The molecule has 5 aliphatic rings. The number of benzene rings is 1. The van der Waals surface area contributed by atoms with E-state index >= 15 is 0 Å². The number of nitrogens with zero attached hydrogens (tertiary/aromatic N) is 2. The van der Waals surface area contributed by atoms with E-state index in [0.717, 1.165) is 89.0 Å². The Kier molecular flexibility index (Phi) is 8.34. The quantitative estimate of drug-likeness (QED) is 0.450. The number of amides is 1. The predicted octanol–water partition coefficient (Wildman–Crippen LogP) is 4.72. The van der Waals surface area contributed by atoms with Crippen LogP contribution in [0.2, 0.25) is 0 Å². The number of fused-ring (bicyclic) bond motifs is 5. The summed E-state index contributed by atoms with van der Waals surface area (Å²) < 4.78 is 5.54. The first kappa shape index (κ1) is 30.2. The second-order valence-corrected chi connectivity index (χ2v) is 15.1. The monoisotopic (exact) mass is 582 g/mol. The molecule has 234 valence electrons. The highest BCUT2D eigenvalue weighted by Gasteiger charge is 2.65. The fourth-order valence-corrected chi connectivity index (χ4v) is 10.9. The number of methoxy groups -OCH3 is 1. The molecule has 1 aliphatic heterocycles. The van der Waals surface area contributed by atoms with E-state index in [1.807, 2.05) is 23.1 Å². The molecule has 1 saturated heterocycles. The molecule has 1 aromatic carbocycles.